The van der Waals surface area contributed by atoms with Gasteiger partial charge in [0.1, 0.15) is 12.1 Å². The molecule has 0 aliphatic heterocycles. The number of pyridine rings is 1. The Bertz CT molecular complexity index is 979. The van der Waals surface area contributed by atoms with Crippen LogP contribution in [0.1, 0.15) is 11.3 Å². The molecule has 2 heterocycles. The SMILES string of the molecule is Cc1cccc(Nc2ncnc(Nc3cccc(Cl)c3C)c2[N+](=O)[O-])n1. The Kier molecular flexibility index (Phi) is 4.94. The van der Waals surface area contributed by atoms with Crippen LogP contribution in [0.5, 0.6) is 0 Å². The molecule has 0 amide bonds. The third kappa shape index (κ3) is 3.70. The molecule has 0 aliphatic carbocycles. The maximum atomic E-state index is 11.6. The molecule has 9 heteroatoms. The maximum Gasteiger partial charge on any atom is 0.353 e. The van der Waals surface area contributed by atoms with E-state index in [-0.39, 0.29) is 17.3 Å². The van der Waals surface area contributed by atoms with E-state index < -0.39 is 4.92 Å². The zero-order chi connectivity index (χ0) is 18.7. The number of benzene rings is 1. The maximum absolute atomic E-state index is 11.6. The molecule has 2 aromatic heterocycles. The van der Waals surface area contributed by atoms with Crippen molar-refractivity contribution in [2.45, 2.75) is 13.8 Å². The number of nitro groups is 1. The zero-order valence-electron chi connectivity index (χ0n) is 14.0. The first kappa shape index (κ1) is 17.6. The van der Waals surface area contributed by atoms with Gasteiger partial charge in [0.05, 0.1) is 4.92 Å². The summed E-state index contributed by atoms with van der Waals surface area (Å²) in [5.74, 6) is 0.562. The minimum absolute atomic E-state index is 0.0466. The molecular weight excluding hydrogens is 356 g/mol. The van der Waals surface area contributed by atoms with Gasteiger partial charge in [0.2, 0.25) is 11.6 Å². The van der Waals surface area contributed by atoms with E-state index in [1.165, 1.54) is 6.33 Å². The Balaban J connectivity index is 2.01. The molecule has 0 saturated carbocycles. The van der Waals surface area contributed by atoms with Gasteiger partial charge in [0, 0.05) is 16.4 Å². The van der Waals surface area contributed by atoms with Crippen LogP contribution in [-0.4, -0.2) is 19.9 Å². The summed E-state index contributed by atoms with van der Waals surface area (Å²) >= 11 is 6.11. The van der Waals surface area contributed by atoms with Crippen molar-refractivity contribution < 1.29 is 4.92 Å². The molecule has 0 atom stereocenters. The van der Waals surface area contributed by atoms with Crippen molar-refractivity contribution in [2.24, 2.45) is 0 Å². The summed E-state index contributed by atoms with van der Waals surface area (Å²) in [7, 11) is 0. The van der Waals surface area contributed by atoms with Crippen LogP contribution in [0.4, 0.5) is 28.8 Å². The lowest BCUT2D eigenvalue weighted by Gasteiger charge is -2.12. The number of aryl methyl sites for hydroxylation is 1. The number of nitrogens with one attached hydrogen (secondary N) is 2. The molecule has 26 heavy (non-hydrogen) atoms. The van der Waals surface area contributed by atoms with Crippen molar-refractivity contribution in [3.05, 3.63) is 69.1 Å². The summed E-state index contributed by atoms with van der Waals surface area (Å²) in [5.41, 5.74) is 1.88. The molecule has 132 valence electrons. The van der Waals surface area contributed by atoms with Crippen molar-refractivity contribution in [2.75, 3.05) is 10.6 Å². The molecule has 3 aromatic rings. The lowest BCUT2D eigenvalue weighted by molar-refractivity contribution is -0.383. The first-order valence-corrected chi connectivity index (χ1v) is 8.05. The lowest BCUT2D eigenvalue weighted by atomic mass is 10.2. The van der Waals surface area contributed by atoms with Gasteiger partial charge in [-0.3, -0.25) is 10.1 Å². The number of halogens is 1. The monoisotopic (exact) mass is 370 g/mol. The summed E-state index contributed by atoms with van der Waals surface area (Å²) in [6.07, 6.45) is 1.24. The summed E-state index contributed by atoms with van der Waals surface area (Å²) < 4.78 is 0. The topological polar surface area (TPSA) is 106 Å². The molecule has 2 N–H and O–H groups in total. The average Bonchev–Trinajstić information content (AvgIpc) is 2.59. The Morgan fingerprint density at radius 3 is 2.42 bits per heavy atom. The highest BCUT2D eigenvalue weighted by atomic mass is 35.5. The Hall–Kier alpha value is -3.26. The minimum Gasteiger partial charge on any atom is -0.334 e. The van der Waals surface area contributed by atoms with E-state index >= 15 is 0 Å². The van der Waals surface area contributed by atoms with E-state index in [4.69, 9.17) is 11.6 Å². The second kappa shape index (κ2) is 7.32. The van der Waals surface area contributed by atoms with Crippen molar-refractivity contribution >= 4 is 40.4 Å². The molecule has 0 saturated heterocycles. The van der Waals surface area contributed by atoms with Gasteiger partial charge < -0.3 is 10.6 Å². The first-order valence-electron chi connectivity index (χ1n) is 7.68. The lowest BCUT2D eigenvalue weighted by Crippen LogP contribution is -2.06. The van der Waals surface area contributed by atoms with Crippen LogP contribution in [-0.2, 0) is 0 Å². The van der Waals surface area contributed by atoms with Crippen molar-refractivity contribution in [3.8, 4) is 0 Å². The van der Waals surface area contributed by atoms with E-state index in [9.17, 15) is 10.1 Å². The Morgan fingerprint density at radius 1 is 1.04 bits per heavy atom. The van der Waals surface area contributed by atoms with Crippen LogP contribution in [0, 0.1) is 24.0 Å². The van der Waals surface area contributed by atoms with Gasteiger partial charge in [0.25, 0.3) is 0 Å². The van der Waals surface area contributed by atoms with Crippen LogP contribution in [0.3, 0.4) is 0 Å². The van der Waals surface area contributed by atoms with Crippen LogP contribution in [0.15, 0.2) is 42.7 Å². The van der Waals surface area contributed by atoms with Crippen LogP contribution in [0.25, 0.3) is 0 Å². The van der Waals surface area contributed by atoms with E-state index in [1.54, 1.807) is 30.3 Å². The third-order valence-corrected chi connectivity index (χ3v) is 4.07. The van der Waals surface area contributed by atoms with Crippen LogP contribution in [0.2, 0.25) is 5.02 Å². The van der Waals surface area contributed by atoms with Gasteiger partial charge in [0.15, 0.2) is 0 Å². The van der Waals surface area contributed by atoms with Gasteiger partial charge in [-0.1, -0.05) is 23.7 Å². The predicted octanol–water partition coefficient (Wildman–Crippen LogP) is 4.54. The number of aromatic nitrogens is 3. The standard InChI is InChI=1S/C17H15ClN6O2/c1-10-5-3-8-14(21-10)23-17-15(24(25)26)16(19-9-20-17)22-13-7-4-6-12(18)11(13)2/h3-9H,1-2H3,(H2,19,20,21,22,23). The fraction of sp³-hybridized carbons (Fsp3) is 0.118. The van der Waals surface area contributed by atoms with E-state index in [2.05, 4.69) is 25.6 Å². The number of hydrogen-bond donors (Lipinski definition) is 2. The Morgan fingerprint density at radius 2 is 1.73 bits per heavy atom. The van der Waals surface area contributed by atoms with E-state index in [1.807, 2.05) is 19.9 Å². The third-order valence-electron chi connectivity index (χ3n) is 3.66. The van der Waals surface area contributed by atoms with Gasteiger partial charge >= 0.3 is 5.69 Å². The molecule has 0 fully saturated rings. The van der Waals surface area contributed by atoms with E-state index in [0.717, 1.165) is 11.3 Å². The fourth-order valence-corrected chi connectivity index (χ4v) is 2.51. The van der Waals surface area contributed by atoms with E-state index in [0.29, 0.717) is 16.5 Å². The average molecular weight is 371 g/mol. The minimum atomic E-state index is -0.541. The van der Waals surface area contributed by atoms with Gasteiger partial charge in [-0.2, -0.15) is 0 Å². The predicted molar refractivity (Wildman–Crippen MR) is 100 cm³/mol. The quantitative estimate of drug-likeness (QED) is 0.501. The number of nitrogens with zero attached hydrogens (tertiary/aromatic N) is 4. The number of anilines is 4. The molecule has 0 aliphatic rings. The largest absolute Gasteiger partial charge is 0.353 e. The molecule has 0 radical (unpaired) electrons. The zero-order valence-corrected chi connectivity index (χ0v) is 14.8. The van der Waals surface area contributed by atoms with Gasteiger partial charge in [-0.25, -0.2) is 15.0 Å². The molecule has 0 bridgehead atoms. The normalized spacial score (nSPS) is 10.4. The van der Waals surface area contributed by atoms with Gasteiger partial charge in [-0.05, 0) is 43.7 Å². The molecule has 0 spiro atoms. The van der Waals surface area contributed by atoms with Gasteiger partial charge in [-0.15, -0.1) is 0 Å². The highest BCUT2D eigenvalue weighted by Crippen LogP contribution is 2.34. The van der Waals surface area contributed by atoms with Crippen LogP contribution >= 0.6 is 11.6 Å². The molecule has 1 aromatic carbocycles. The number of rotatable bonds is 5. The second-order valence-electron chi connectivity index (χ2n) is 5.50. The summed E-state index contributed by atoms with van der Waals surface area (Å²) in [5, 5.41) is 18.0. The molecular formula is C17H15ClN6O2. The summed E-state index contributed by atoms with van der Waals surface area (Å²) in [4.78, 5) is 23.4. The Labute approximate surface area is 154 Å². The second-order valence-corrected chi connectivity index (χ2v) is 5.91. The number of hydrogen-bond acceptors (Lipinski definition) is 7. The molecule has 0 unspecified atom stereocenters. The van der Waals surface area contributed by atoms with Crippen molar-refractivity contribution in [3.63, 3.8) is 0 Å². The first-order chi connectivity index (χ1) is 12.5. The van der Waals surface area contributed by atoms with Crippen LogP contribution < -0.4 is 10.6 Å². The fourth-order valence-electron chi connectivity index (χ4n) is 2.34. The van der Waals surface area contributed by atoms with Crippen molar-refractivity contribution in [1.82, 2.24) is 15.0 Å². The molecule has 3 rings (SSSR count). The summed E-state index contributed by atoms with van der Waals surface area (Å²) in [6.45, 7) is 3.64. The smallest absolute Gasteiger partial charge is 0.334 e. The van der Waals surface area contributed by atoms with Crippen molar-refractivity contribution in [1.29, 1.82) is 0 Å². The highest BCUT2D eigenvalue weighted by Gasteiger charge is 2.24. The summed E-state index contributed by atoms with van der Waals surface area (Å²) in [6, 6.07) is 10.6. The molecule has 8 nitrogen and oxygen atoms in total. The highest BCUT2D eigenvalue weighted by molar-refractivity contribution is 6.31.